The molecule has 0 saturated carbocycles. The summed E-state index contributed by atoms with van der Waals surface area (Å²) >= 11 is 0. The summed E-state index contributed by atoms with van der Waals surface area (Å²) in [7, 11) is 0. The van der Waals surface area contributed by atoms with Crippen LogP contribution in [0.4, 0.5) is 27.7 Å². The number of rotatable bonds is 4. The van der Waals surface area contributed by atoms with Crippen molar-refractivity contribution >= 4 is 39.8 Å². The summed E-state index contributed by atoms with van der Waals surface area (Å²) in [6.07, 6.45) is 1.52. The molecule has 0 bridgehead atoms. The van der Waals surface area contributed by atoms with E-state index in [1.807, 2.05) is 79.7 Å². The SMILES string of the molecule is Cc1cccc(Nc2ncnc3ccc(NC(=O)Nc4ccccc4)cc23)c1. The van der Waals surface area contributed by atoms with Crippen molar-refractivity contribution in [3.63, 3.8) is 0 Å². The third kappa shape index (κ3) is 4.07. The van der Waals surface area contributed by atoms with E-state index < -0.39 is 0 Å². The average Bonchev–Trinajstić information content (AvgIpc) is 2.69. The first-order valence-electron chi connectivity index (χ1n) is 8.89. The van der Waals surface area contributed by atoms with E-state index in [2.05, 4.69) is 25.9 Å². The molecule has 2 amide bonds. The maximum Gasteiger partial charge on any atom is 0.323 e. The van der Waals surface area contributed by atoms with Gasteiger partial charge < -0.3 is 16.0 Å². The van der Waals surface area contributed by atoms with Crippen LogP contribution in [0.3, 0.4) is 0 Å². The largest absolute Gasteiger partial charge is 0.340 e. The number of aromatic nitrogens is 2. The van der Waals surface area contributed by atoms with Crippen LogP contribution >= 0.6 is 0 Å². The van der Waals surface area contributed by atoms with Crippen LogP contribution in [0.2, 0.25) is 0 Å². The topological polar surface area (TPSA) is 78.9 Å². The van der Waals surface area contributed by atoms with Gasteiger partial charge in [-0.15, -0.1) is 0 Å². The molecule has 138 valence electrons. The Balaban J connectivity index is 1.58. The molecular formula is C22H19N5O. The van der Waals surface area contributed by atoms with Crippen LogP contribution in [-0.2, 0) is 0 Å². The van der Waals surface area contributed by atoms with Gasteiger partial charge in [-0.2, -0.15) is 0 Å². The fourth-order valence-corrected chi connectivity index (χ4v) is 2.91. The minimum atomic E-state index is -0.310. The molecule has 0 saturated heterocycles. The summed E-state index contributed by atoms with van der Waals surface area (Å²) in [4.78, 5) is 20.9. The smallest absolute Gasteiger partial charge is 0.323 e. The lowest BCUT2D eigenvalue weighted by Gasteiger charge is -2.11. The number of aryl methyl sites for hydroxylation is 1. The molecule has 1 aromatic heterocycles. The molecule has 0 aliphatic heterocycles. The molecule has 4 rings (SSSR count). The van der Waals surface area contributed by atoms with Gasteiger partial charge in [-0.3, -0.25) is 0 Å². The van der Waals surface area contributed by atoms with Crippen molar-refractivity contribution in [2.24, 2.45) is 0 Å². The number of para-hydroxylation sites is 1. The zero-order valence-electron chi connectivity index (χ0n) is 15.3. The molecule has 0 atom stereocenters. The Morgan fingerprint density at radius 1 is 0.786 bits per heavy atom. The van der Waals surface area contributed by atoms with Gasteiger partial charge in [0.15, 0.2) is 0 Å². The molecule has 3 aromatic carbocycles. The van der Waals surface area contributed by atoms with Crippen LogP contribution in [0.25, 0.3) is 10.9 Å². The Morgan fingerprint density at radius 3 is 2.39 bits per heavy atom. The molecule has 6 heteroatoms. The number of benzene rings is 3. The van der Waals surface area contributed by atoms with Crippen LogP contribution in [0.5, 0.6) is 0 Å². The summed E-state index contributed by atoms with van der Waals surface area (Å²) in [5.74, 6) is 0.683. The number of nitrogens with zero attached hydrogens (tertiary/aromatic N) is 2. The number of amides is 2. The summed E-state index contributed by atoms with van der Waals surface area (Å²) < 4.78 is 0. The highest BCUT2D eigenvalue weighted by Gasteiger charge is 2.08. The highest BCUT2D eigenvalue weighted by atomic mass is 16.2. The highest BCUT2D eigenvalue weighted by Crippen LogP contribution is 2.26. The van der Waals surface area contributed by atoms with Crippen molar-refractivity contribution in [1.82, 2.24) is 9.97 Å². The molecule has 28 heavy (non-hydrogen) atoms. The van der Waals surface area contributed by atoms with E-state index in [1.165, 1.54) is 6.33 Å². The van der Waals surface area contributed by atoms with E-state index >= 15 is 0 Å². The summed E-state index contributed by atoms with van der Waals surface area (Å²) in [5.41, 5.74) is 4.27. The highest BCUT2D eigenvalue weighted by molar-refractivity contribution is 6.02. The quantitative estimate of drug-likeness (QED) is 0.454. The van der Waals surface area contributed by atoms with Gasteiger partial charge in [-0.1, -0.05) is 30.3 Å². The first-order valence-corrected chi connectivity index (χ1v) is 8.89. The zero-order valence-corrected chi connectivity index (χ0v) is 15.3. The van der Waals surface area contributed by atoms with E-state index in [0.717, 1.165) is 27.8 Å². The molecule has 0 aliphatic carbocycles. The number of fused-ring (bicyclic) bond motifs is 1. The fourth-order valence-electron chi connectivity index (χ4n) is 2.91. The van der Waals surface area contributed by atoms with Gasteiger partial charge in [-0.25, -0.2) is 14.8 Å². The zero-order chi connectivity index (χ0) is 19.3. The lowest BCUT2D eigenvalue weighted by molar-refractivity contribution is 0.262. The predicted molar refractivity (Wildman–Crippen MR) is 113 cm³/mol. The van der Waals surface area contributed by atoms with Crippen molar-refractivity contribution < 1.29 is 4.79 Å². The normalized spacial score (nSPS) is 10.5. The molecule has 0 aliphatic rings. The number of hydrogen-bond donors (Lipinski definition) is 3. The minimum absolute atomic E-state index is 0.310. The third-order valence-electron chi connectivity index (χ3n) is 4.21. The number of carbonyl (C=O) groups is 1. The monoisotopic (exact) mass is 369 g/mol. The third-order valence-corrected chi connectivity index (χ3v) is 4.21. The number of nitrogens with one attached hydrogen (secondary N) is 3. The second-order valence-electron chi connectivity index (χ2n) is 6.39. The molecule has 0 spiro atoms. The van der Waals surface area contributed by atoms with Crippen LogP contribution in [0.15, 0.2) is 79.1 Å². The van der Waals surface area contributed by atoms with Crippen LogP contribution in [0.1, 0.15) is 5.56 Å². The van der Waals surface area contributed by atoms with Crippen LogP contribution in [0, 0.1) is 6.92 Å². The first-order chi connectivity index (χ1) is 13.7. The number of anilines is 4. The van der Waals surface area contributed by atoms with Gasteiger partial charge in [0, 0.05) is 22.4 Å². The lowest BCUT2D eigenvalue weighted by Crippen LogP contribution is -2.19. The van der Waals surface area contributed by atoms with Crippen molar-refractivity contribution in [3.05, 3.63) is 84.7 Å². The second-order valence-corrected chi connectivity index (χ2v) is 6.39. The summed E-state index contributed by atoms with van der Waals surface area (Å²) in [6.45, 7) is 2.04. The Kier molecular flexibility index (Phi) is 4.84. The van der Waals surface area contributed by atoms with Crippen molar-refractivity contribution in [2.45, 2.75) is 6.92 Å². The fraction of sp³-hybridized carbons (Fsp3) is 0.0455. The molecule has 6 nitrogen and oxygen atoms in total. The molecule has 3 N–H and O–H groups in total. The molecule has 4 aromatic rings. The maximum atomic E-state index is 12.3. The Hall–Kier alpha value is -3.93. The molecule has 0 radical (unpaired) electrons. The standard InChI is InChI=1S/C22H19N5O/c1-15-6-5-9-17(12-15)25-21-19-13-18(10-11-20(19)23-14-24-21)27-22(28)26-16-7-3-2-4-8-16/h2-14H,1H3,(H,23,24,25)(H2,26,27,28). The molecular weight excluding hydrogens is 350 g/mol. The van der Waals surface area contributed by atoms with Gasteiger partial charge >= 0.3 is 6.03 Å². The number of urea groups is 1. The Morgan fingerprint density at radius 2 is 1.57 bits per heavy atom. The van der Waals surface area contributed by atoms with Crippen molar-refractivity contribution in [3.8, 4) is 0 Å². The number of hydrogen-bond acceptors (Lipinski definition) is 4. The summed E-state index contributed by atoms with van der Waals surface area (Å²) in [6, 6.07) is 22.6. The molecule has 0 fully saturated rings. The first kappa shape index (κ1) is 17.5. The lowest BCUT2D eigenvalue weighted by atomic mass is 10.2. The van der Waals surface area contributed by atoms with Gasteiger partial charge in [0.2, 0.25) is 0 Å². The second kappa shape index (κ2) is 7.75. The molecule has 1 heterocycles. The van der Waals surface area contributed by atoms with Gasteiger partial charge in [0.25, 0.3) is 0 Å². The van der Waals surface area contributed by atoms with Gasteiger partial charge in [0.1, 0.15) is 12.1 Å². The summed E-state index contributed by atoms with van der Waals surface area (Å²) in [5, 5.41) is 9.80. The average molecular weight is 369 g/mol. The van der Waals surface area contributed by atoms with Crippen LogP contribution in [-0.4, -0.2) is 16.0 Å². The van der Waals surface area contributed by atoms with E-state index in [-0.39, 0.29) is 6.03 Å². The minimum Gasteiger partial charge on any atom is -0.340 e. The predicted octanol–water partition coefficient (Wildman–Crippen LogP) is 5.33. The number of carbonyl (C=O) groups excluding carboxylic acids is 1. The van der Waals surface area contributed by atoms with Crippen molar-refractivity contribution in [2.75, 3.05) is 16.0 Å². The molecule has 0 unspecified atom stereocenters. The van der Waals surface area contributed by atoms with Gasteiger partial charge in [0.05, 0.1) is 5.52 Å². The van der Waals surface area contributed by atoms with Gasteiger partial charge in [-0.05, 0) is 55.0 Å². The Labute approximate surface area is 162 Å². The van der Waals surface area contributed by atoms with Crippen molar-refractivity contribution in [1.29, 1.82) is 0 Å². The van der Waals surface area contributed by atoms with E-state index in [9.17, 15) is 4.79 Å². The Bertz CT molecular complexity index is 1130. The van der Waals surface area contributed by atoms with E-state index in [1.54, 1.807) is 0 Å². The van der Waals surface area contributed by atoms with E-state index in [0.29, 0.717) is 11.5 Å². The van der Waals surface area contributed by atoms with E-state index in [4.69, 9.17) is 0 Å². The maximum absolute atomic E-state index is 12.3. The van der Waals surface area contributed by atoms with Crippen LogP contribution < -0.4 is 16.0 Å².